The number of anilines is 1. The van der Waals surface area contributed by atoms with E-state index >= 15 is 0 Å². The summed E-state index contributed by atoms with van der Waals surface area (Å²) in [5.41, 5.74) is 2.59. The van der Waals surface area contributed by atoms with Gasteiger partial charge in [-0.05, 0) is 58.3 Å². The van der Waals surface area contributed by atoms with E-state index in [0.717, 1.165) is 28.7 Å². The first kappa shape index (κ1) is 13.8. The summed E-state index contributed by atoms with van der Waals surface area (Å²) in [5.74, 6) is 0.198. The minimum atomic E-state index is 0.198. The first-order valence-corrected chi connectivity index (χ1v) is 8.52. The lowest BCUT2D eigenvalue weighted by atomic mass is 10.1. The number of nitrogens with zero attached hydrogens (tertiary/aromatic N) is 1. The van der Waals surface area contributed by atoms with Crippen molar-refractivity contribution in [2.75, 3.05) is 18.0 Å². The van der Waals surface area contributed by atoms with Crippen LogP contribution >= 0.6 is 27.3 Å². The molecule has 0 saturated carbocycles. The maximum Gasteiger partial charge on any atom is 0.193 e. The minimum absolute atomic E-state index is 0.198. The first-order valence-electron chi connectivity index (χ1n) is 6.85. The maximum absolute atomic E-state index is 12.5. The fraction of sp³-hybridized carbons (Fsp3) is 0.312. The number of Topliss-reactive ketones (excluding diaryl/α,β-unsaturated/α-hetero) is 1. The minimum Gasteiger partial charge on any atom is -0.364 e. The molecule has 0 bridgehead atoms. The van der Waals surface area contributed by atoms with Gasteiger partial charge in [-0.3, -0.25) is 4.79 Å². The Hall–Kier alpha value is -1.13. The zero-order chi connectivity index (χ0) is 13.9. The van der Waals surface area contributed by atoms with Crippen molar-refractivity contribution in [2.45, 2.75) is 19.3 Å². The Morgan fingerprint density at radius 3 is 2.90 bits per heavy atom. The molecule has 20 heavy (non-hydrogen) atoms. The first-order chi connectivity index (χ1) is 9.75. The van der Waals surface area contributed by atoms with Crippen LogP contribution in [0.25, 0.3) is 0 Å². The van der Waals surface area contributed by atoms with E-state index in [0.29, 0.717) is 6.54 Å². The highest BCUT2D eigenvalue weighted by Gasteiger charge is 2.19. The molecule has 1 aromatic heterocycles. The molecular formula is C16H16BrNOS. The van der Waals surface area contributed by atoms with E-state index in [1.165, 1.54) is 29.0 Å². The Bertz CT molecular complexity index is 622. The highest BCUT2D eigenvalue weighted by Crippen LogP contribution is 2.28. The molecule has 0 N–H and O–H groups in total. The molecule has 1 aliphatic rings. The van der Waals surface area contributed by atoms with Crippen molar-refractivity contribution in [2.24, 2.45) is 0 Å². The van der Waals surface area contributed by atoms with Crippen LogP contribution in [0.15, 0.2) is 40.2 Å². The molecule has 0 amide bonds. The third kappa shape index (κ3) is 2.81. The lowest BCUT2D eigenvalue weighted by Crippen LogP contribution is -2.30. The van der Waals surface area contributed by atoms with Crippen LogP contribution in [0.5, 0.6) is 0 Å². The van der Waals surface area contributed by atoms with E-state index < -0.39 is 0 Å². The second-order valence-corrected chi connectivity index (χ2v) is 6.80. The summed E-state index contributed by atoms with van der Waals surface area (Å²) in [4.78, 5) is 15.5. The molecule has 0 spiro atoms. The molecule has 3 rings (SSSR count). The number of ketones is 1. The number of carbonyl (C=O) groups excluding carboxylic acids is 1. The van der Waals surface area contributed by atoms with Gasteiger partial charge in [0.1, 0.15) is 0 Å². The standard InChI is InChI=1S/C16H16BrNOS/c17-13-8-10-20-16(13)15(19)11-18-9-4-3-6-12-5-1-2-7-14(12)18/h1-2,5,7-8,10H,3-4,6,9,11H2. The van der Waals surface area contributed by atoms with Gasteiger partial charge in [-0.1, -0.05) is 18.2 Å². The lowest BCUT2D eigenvalue weighted by molar-refractivity contribution is 0.100. The quantitative estimate of drug-likeness (QED) is 0.758. The van der Waals surface area contributed by atoms with Gasteiger partial charge in [0.25, 0.3) is 0 Å². The predicted molar refractivity (Wildman–Crippen MR) is 87.9 cm³/mol. The molecule has 2 aromatic rings. The number of carbonyl (C=O) groups is 1. The number of benzene rings is 1. The van der Waals surface area contributed by atoms with Crippen molar-refractivity contribution in [1.82, 2.24) is 0 Å². The Kier molecular flexibility index (Phi) is 4.22. The number of para-hydroxylation sites is 1. The summed E-state index contributed by atoms with van der Waals surface area (Å²) in [7, 11) is 0. The SMILES string of the molecule is O=C(CN1CCCCc2ccccc21)c1sccc1Br. The summed E-state index contributed by atoms with van der Waals surface area (Å²) in [5, 5.41) is 1.95. The smallest absolute Gasteiger partial charge is 0.193 e. The Labute approximate surface area is 131 Å². The number of rotatable bonds is 3. The normalized spacial score (nSPS) is 14.8. The molecule has 104 valence electrons. The van der Waals surface area contributed by atoms with Crippen LogP contribution in [-0.4, -0.2) is 18.9 Å². The molecule has 0 unspecified atom stereocenters. The van der Waals surface area contributed by atoms with Crippen molar-refractivity contribution < 1.29 is 4.79 Å². The topological polar surface area (TPSA) is 20.3 Å². The number of aryl methyl sites for hydroxylation is 1. The monoisotopic (exact) mass is 349 g/mol. The van der Waals surface area contributed by atoms with Crippen LogP contribution in [0.1, 0.15) is 28.1 Å². The predicted octanol–water partition coefficient (Wildman–Crippen LogP) is 4.54. The lowest BCUT2D eigenvalue weighted by Gasteiger charge is -2.24. The molecular weight excluding hydrogens is 334 g/mol. The van der Waals surface area contributed by atoms with Crippen molar-refractivity contribution in [3.63, 3.8) is 0 Å². The van der Waals surface area contributed by atoms with Crippen molar-refractivity contribution in [1.29, 1.82) is 0 Å². The summed E-state index contributed by atoms with van der Waals surface area (Å²) in [6.07, 6.45) is 3.46. The Balaban J connectivity index is 1.84. The van der Waals surface area contributed by atoms with Gasteiger partial charge in [0.2, 0.25) is 0 Å². The van der Waals surface area contributed by atoms with Gasteiger partial charge in [0.05, 0.1) is 11.4 Å². The second kappa shape index (κ2) is 6.10. The second-order valence-electron chi connectivity index (χ2n) is 5.03. The van der Waals surface area contributed by atoms with Gasteiger partial charge in [0.15, 0.2) is 5.78 Å². The highest BCUT2D eigenvalue weighted by molar-refractivity contribution is 9.10. The van der Waals surface area contributed by atoms with E-state index in [-0.39, 0.29) is 5.78 Å². The van der Waals surface area contributed by atoms with Gasteiger partial charge in [-0.2, -0.15) is 0 Å². The van der Waals surface area contributed by atoms with Gasteiger partial charge in [-0.15, -0.1) is 11.3 Å². The van der Waals surface area contributed by atoms with Crippen LogP contribution in [0.3, 0.4) is 0 Å². The van der Waals surface area contributed by atoms with Crippen LogP contribution in [0.2, 0.25) is 0 Å². The van der Waals surface area contributed by atoms with Crippen molar-refractivity contribution in [3.8, 4) is 0 Å². The molecule has 0 radical (unpaired) electrons. The average Bonchev–Trinajstić information content (AvgIpc) is 2.78. The molecule has 2 nitrogen and oxygen atoms in total. The fourth-order valence-corrected chi connectivity index (χ4v) is 4.20. The summed E-state index contributed by atoms with van der Waals surface area (Å²) < 4.78 is 0.913. The van der Waals surface area contributed by atoms with Crippen LogP contribution in [0.4, 0.5) is 5.69 Å². The average molecular weight is 350 g/mol. The van der Waals surface area contributed by atoms with E-state index in [1.54, 1.807) is 0 Å². The number of hydrogen-bond acceptors (Lipinski definition) is 3. The number of fused-ring (bicyclic) bond motifs is 1. The van der Waals surface area contributed by atoms with Crippen molar-refractivity contribution >= 4 is 38.7 Å². The molecule has 0 atom stereocenters. The molecule has 0 fully saturated rings. The fourth-order valence-electron chi connectivity index (χ4n) is 2.67. The Morgan fingerprint density at radius 2 is 2.10 bits per heavy atom. The zero-order valence-corrected chi connectivity index (χ0v) is 13.5. The van der Waals surface area contributed by atoms with Gasteiger partial charge in [0, 0.05) is 16.7 Å². The van der Waals surface area contributed by atoms with Crippen LogP contribution in [0, 0.1) is 0 Å². The summed E-state index contributed by atoms with van der Waals surface area (Å²) >= 11 is 4.96. The molecule has 4 heteroatoms. The van der Waals surface area contributed by atoms with Gasteiger partial charge < -0.3 is 4.90 Å². The molecule has 2 heterocycles. The zero-order valence-electron chi connectivity index (χ0n) is 11.1. The summed E-state index contributed by atoms with van der Waals surface area (Å²) in [6, 6.07) is 10.4. The van der Waals surface area contributed by atoms with Crippen LogP contribution in [-0.2, 0) is 6.42 Å². The third-order valence-corrected chi connectivity index (χ3v) is 5.54. The van der Waals surface area contributed by atoms with Crippen LogP contribution < -0.4 is 4.90 Å². The largest absolute Gasteiger partial charge is 0.364 e. The van der Waals surface area contributed by atoms with E-state index in [9.17, 15) is 4.79 Å². The third-order valence-electron chi connectivity index (χ3n) is 3.66. The number of thiophene rings is 1. The maximum atomic E-state index is 12.5. The van der Waals surface area contributed by atoms with Gasteiger partial charge in [-0.25, -0.2) is 0 Å². The van der Waals surface area contributed by atoms with Gasteiger partial charge >= 0.3 is 0 Å². The molecule has 0 aliphatic carbocycles. The molecule has 0 saturated heterocycles. The Morgan fingerprint density at radius 1 is 1.25 bits per heavy atom. The summed E-state index contributed by atoms with van der Waals surface area (Å²) in [6.45, 7) is 1.43. The molecule has 1 aliphatic heterocycles. The number of halogens is 1. The van der Waals surface area contributed by atoms with E-state index in [4.69, 9.17) is 0 Å². The number of hydrogen-bond donors (Lipinski definition) is 0. The van der Waals surface area contributed by atoms with E-state index in [2.05, 4.69) is 45.1 Å². The van der Waals surface area contributed by atoms with Crippen molar-refractivity contribution in [3.05, 3.63) is 50.6 Å². The van der Waals surface area contributed by atoms with E-state index in [1.807, 2.05) is 11.4 Å². The highest BCUT2D eigenvalue weighted by atomic mass is 79.9. The molecule has 1 aromatic carbocycles.